The fourth-order valence-electron chi connectivity index (χ4n) is 2.55. The average molecular weight is 401 g/mol. The Bertz CT molecular complexity index is 1110. The lowest BCUT2D eigenvalue weighted by Gasteiger charge is -2.13. The lowest BCUT2D eigenvalue weighted by atomic mass is 10.1. The van der Waals surface area contributed by atoms with Gasteiger partial charge in [-0.1, -0.05) is 17.2 Å². The van der Waals surface area contributed by atoms with Crippen LogP contribution in [0.15, 0.2) is 47.4 Å². The zero-order chi connectivity index (χ0) is 20.5. The third-order valence-corrected chi connectivity index (χ3v) is 5.68. The number of fused-ring (bicyclic) bond motifs is 1. The Balaban J connectivity index is 1.88. The van der Waals surface area contributed by atoms with E-state index in [1.165, 1.54) is 24.3 Å². The van der Waals surface area contributed by atoms with Gasteiger partial charge in [-0.2, -0.15) is 0 Å². The molecule has 0 aliphatic carbocycles. The summed E-state index contributed by atoms with van der Waals surface area (Å²) < 4.78 is 38.4. The summed E-state index contributed by atoms with van der Waals surface area (Å²) in [4.78, 5) is 41.2. The van der Waals surface area contributed by atoms with Gasteiger partial charge in [0.05, 0.1) is 27.3 Å². The first kappa shape index (κ1) is 19.3. The smallest absolute Gasteiger partial charge is 0.324 e. The van der Waals surface area contributed by atoms with Crippen molar-refractivity contribution in [2.45, 2.75) is 11.3 Å². The highest BCUT2D eigenvalue weighted by Crippen LogP contribution is 2.24. The third kappa shape index (κ3) is 3.37. The average Bonchev–Trinajstić information content (AvgIpc) is 2.91. The number of imide groups is 1. The number of amides is 2. The van der Waals surface area contributed by atoms with E-state index in [4.69, 9.17) is 11.3 Å². The van der Waals surface area contributed by atoms with Crippen molar-refractivity contribution in [3.05, 3.63) is 65.0 Å². The molecule has 1 aliphatic heterocycles. The van der Waals surface area contributed by atoms with Gasteiger partial charge in [0.1, 0.15) is 5.82 Å². The molecule has 142 valence electrons. The molecule has 1 heterocycles. The maximum atomic E-state index is 14.1. The topological polar surface area (TPSA) is 97.8 Å². The first-order chi connectivity index (χ1) is 13.3. The van der Waals surface area contributed by atoms with Crippen molar-refractivity contribution in [1.29, 1.82) is 0 Å². The van der Waals surface area contributed by atoms with Crippen molar-refractivity contribution < 1.29 is 32.0 Å². The second-order valence-corrected chi connectivity index (χ2v) is 7.85. The first-order valence-electron chi connectivity index (χ1n) is 7.92. The zero-order valence-corrected chi connectivity index (χ0v) is 15.0. The van der Waals surface area contributed by atoms with Gasteiger partial charge in [-0.05, 0) is 30.3 Å². The van der Waals surface area contributed by atoms with Crippen LogP contribution < -0.4 is 0 Å². The Morgan fingerprint density at radius 1 is 1.11 bits per heavy atom. The van der Waals surface area contributed by atoms with Crippen LogP contribution in [0.4, 0.5) is 4.39 Å². The number of carbonyl (C=O) groups excluding carboxylic acids is 3. The van der Waals surface area contributed by atoms with Gasteiger partial charge in [-0.25, -0.2) is 17.6 Å². The molecule has 0 aromatic heterocycles. The summed E-state index contributed by atoms with van der Waals surface area (Å²) in [6.45, 7) is 0. The number of rotatable bonds is 5. The van der Waals surface area contributed by atoms with E-state index in [0.717, 1.165) is 18.2 Å². The van der Waals surface area contributed by atoms with Crippen molar-refractivity contribution in [2.75, 3.05) is 5.75 Å². The molecule has 0 N–H and O–H groups in total. The normalized spacial score (nSPS) is 13.2. The highest BCUT2D eigenvalue weighted by atomic mass is 32.2. The number of carbonyl (C=O) groups is 3. The highest BCUT2D eigenvalue weighted by Gasteiger charge is 2.39. The molecule has 2 aromatic rings. The van der Waals surface area contributed by atoms with Crippen molar-refractivity contribution in [1.82, 2.24) is 5.06 Å². The highest BCUT2D eigenvalue weighted by molar-refractivity contribution is 7.91. The molecule has 0 atom stereocenters. The Labute approximate surface area is 159 Å². The summed E-state index contributed by atoms with van der Waals surface area (Å²) in [6.07, 6.45) is 4.99. The third-order valence-electron chi connectivity index (χ3n) is 3.96. The molecule has 0 radical (unpaired) electrons. The van der Waals surface area contributed by atoms with Crippen molar-refractivity contribution in [2.24, 2.45) is 0 Å². The maximum absolute atomic E-state index is 14.1. The van der Waals surface area contributed by atoms with Gasteiger partial charge < -0.3 is 4.84 Å². The summed E-state index contributed by atoms with van der Waals surface area (Å²) in [5.41, 5.74) is -0.670. The van der Waals surface area contributed by atoms with Gasteiger partial charge in [0, 0.05) is 6.42 Å². The van der Waals surface area contributed by atoms with Crippen LogP contribution in [0.25, 0.3) is 0 Å². The van der Waals surface area contributed by atoms with Gasteiger partial charge >= 0.3 is 5.97 Å². The molecule has 3 rings (SSSR count). The van der Waals surface area contributed by atoms with E-state index < -0.39 is 39.0 Å². The van der Waals surface area contributed by atoms with Gasteiger partial charge in [-0.15, -0.1) is 12.3 Å². The number of sulfone groups is 1. The van der Waals surface area contributed by atoms with E-state index in [1.807, 2.05) is 0 Å². The number of halogens is 1. The Morgan fingerprint density at radius 3 is 2.29 bits per heavy atom. The number of nitrogens with zero attached hydrogens (tertiary/aromatic N) is 1. The van der Waals surface area contributed by atoms with Crippen LogP contribution in [-0.4, -0.2) is 37.0 Å². The van der Waals surface area contributed by atoms with E-state index in [-0.39, 0.29) is 33.3 Å². The van der Waals surface area contributed by atoms with Crippen LogP contribution in [0, 0.1) is 18.2 Å². The Kier molecular flexibility index (Phi) is 4.98. The molecular formula is C19H12FNO6S. The SMILES string of the molecule is C#CCCS(=O)(=O)c1ccc(F)c(C(=O)ON2C(=O)c3ccccc3C2=O)c1. The van der Waals surface area contributed by atoms with Crippen molar-refractivity contribution in [3.63, 3.8) is 0 Å². The number of terminal acetylenes is 1. The molecule has 1 aliphatic rings. The van der Waals surface area contributed by atoms with Crippen molar-refractivity contribution >= 4 is 27.6 Å². The minimum Gasteiger partial charge on any atom is -0.324 e. The van der Waals surface area contributed by atoms with E-state index >= 15 is 0 Å². The standard InChI is InChI=1S/C19H12FNO6S/c1-2-3-10-28(25,26)12-8-9-16(20)15(11-12)19(24)27-21-17(22)13-6-4-5-7-14(13)18(21)23/h1,4-9,11H,3,10H2. The van der Waals surface area contributed by atoms with Crippen LogP contribution in [0.1, 0.15) is 37.5 Å². The summed E-state index contributed by atoms with van der Waals surface area (Å²) in [5, 5.41) is 0.214. The molecule has 0 fully saturated rings. The van der Waals surface area contributed by atoms with Crippen LogP contribution in [0.5, 0.6) is 0 Å². The largest absolute Gasteiger partial charge is 0.366 e. The zero-order valence-electron chi connectivity index (χ0n) is 14.2. The van der Waals surface area contributed by atoms with Crippen LogP contribution in [-0.2, 0) is 14.7 Å². The minimum absolute atomic E-state index is 0.0337. The molecule has 2 aromatic carbocycles. The van der Waals surface area contributed by atoms with Gasteiger partial charge in [0.15, 0.2) is 9.84 Å². The number of hydrogen-bond donors (Lipinski definition) is 0. The van der Waals surface area contributed by atoms with Crippen molar-refractivity contribution in [3.8, 4) is 12.3 Å². The van der Waals surface area contributed by atoms with E-state index in [0.29, 0.717) is 0 Å². The number of hydroxylamine groups is 2. The lowest BCUT2D eigenvalue weighted by Crippen LogP contribution is -2.33. The van der Waals surface area contributed by atoms with Gasteiger partial charge in [0.2, 0.25) is 0 Å². The Morgan fingerprint density at radius 2 is 1.71 bits per heavy atom. The summed E-state index contributed by atoms with van der Waals surface area (Å²) in [6, 6.07) is 8.35. The first-order valence-corrected chi connectivity index (χ1v) is 9.57. The molecule has 0 bridgehead atoms. The Hall–Kier alpha value is -3.51. The molecule has 9 heteroatoms. The monoisotopic (exact) mass is 401 g/mol. The quantitative estimate of drug-likeness (QED) is 0.432. The minimum atomic E-state index is -3.85. The second-order valence-electron chi connectivity index (χ2n) is 5.74. The fraction of sp³-hybridized carbons (Fsp3) is 0.105. The molecule has 28 heavy (non-hydrogen) atoms. The van der Waals surface area contributed by atoms with E-state index in [2.05, 4.69) is 5.92 Å². The molecular weight excluding hydrogens is 389 g/mol. The lowest BCUT2D eigenvalue weighted by molar-refractivity contribution is -0.0587. The summed E-state index contributed by atoms with van der Waals surface area (Å²) in [7, 11) is -3.85. The second kappa shape index (κ2) is 7.25. The van der Waals surface area contributed by atoms with Gasteiger partial charge in [0.25, 0.3) is 11.8 Å². The molecule has 0 saturated heterocycles. The van der Waals surface area contributed by atoms with Crippen LogP contribution >= 0.6 is 0 Å². The van der Waals surface area contributed by atoms with Crippen LogP contribution in [0.2, 0.25) is 0 Å². The fourth-order valence-corrected chi connectivity index (χ4v) is 3.74. The summed E-state index contributed by atoms with van der Waals surface area (Å²) >= 11 is 0. The van der Waals surface area contributed by atoms with Gasteiger partial charge in [-0.3, -0.25) is 9.59 Å². The number of hydrogen-bond acceptors (Lipinski definition) is 6. The van der Waals surface area contributed by atoms with E-state index in [1.54, 1.807) is 0 Å². The number of benzene rings is 2. The predicted molar refractivity (Wildman–Crippen MR) is 94.3 cm³/mol. The maximum Gasteiger partial charge on any atom is 0.366 e. The molecule has 7 nitrogen and oxygen atoms in total. The van der Waals surface area contributed by atoms with Crippen LogP contribution in [0.3, 0.4) is 0 Å². The molecule has 0 unspecified atom stereocenters. The predicted octanol–water partition coefficient (Wildman–Crippen LogP) is 1.99. The summed E-state index contributed by atoms with van der Waals surface area (Å²) in [5.74, 6) is -2.43. The molecule has 0 spiro atoms. The molecule has 0 saturated carbocycles. The molecule has 2 amide bonds. The van der Waals surface area contributed by atoms with E-state index in [9.17, 15) is 27.2 Å².